The molecule has 0 atom stereocenters. The maximum atomic E-state index is 3.38. The highest BCUT2D eigenvalue weighted by molar-refractivity contribution is 15.0. The molecule has 0 aromatic carbocycles. The Hall–Kier alpha value is 2.30. The Morgan fingerprint density at radius 3 is 1.15 bits per heavy atom. The molecular formula is C10H16Br2I4N4. The summed E-state index contributed by atoms with van der Waals surface area (Å²) in [5, 5.41) is 0. The Kier molecular flexibility index (Phi) is 20.2. The smallest absolute Gasteiger partial charge is 0.324 e. The molecule has 20 heavy (non-hydrogen) atoms. The number of hydrogen-bond acceptors (Lipinski definition) is 0. The molecule has 2 rings (SSSR count). The summed E-state index contributed by atoms with van der Waals surface area (Å²) < 4.78 is 10.2. The van der Waals surface area contributed by atoms with Gasteiger partial charge in [-0.05, 0) is 0 Å². The van der Waals surface area contributed by atoms with Crippen LogP contribution in [0, 0.1) is 0 Å². The summed E-state index contributed by atoms with van der Waals surface area (Å²) in [6, 6.07) is 0. The van der Waals surface area contributed by atoms with Crippen molar-refractivity contribution >= 4 is 69.1 Å². The van der Waals surface area contributed by atoms with Crippen LogP contribution in [0.2, 0.25) is 0 Å². The molecule has 4 nitrogen and oxygen atoms in total. The van der Waals surface area contributed by atoms with Gasteiger partial charge in [0, 0.05) is 69.1 Å². The Balaban J connectivity index is -0.000000236. The Labute approximate surface area is 194 Å². The predicted molar refractivity (Wildman–Crippen MR) is 96.6 cm³/mol. The van der Waals surface area contributed by atoms with Gasteiger partial charge in [-0.25, -0.2) is 18.3 Å². The fourth-order valence-electron chi connectivity index (χ4n) is 1.14. The van der Waals surface area contributed by atoms with E-state index in [1.54, 1.807) is 0 Å². The van der Waals surface area contributed by atoms with Crippen molar-refractivity contribution in [1.29, 1.82) is 0 Å². The molecule has 0 aliphatic heterocycles. The largest absolute Gasteiger partial charge is 1.00 e. The van der Waals surface area contributed by atoms with Gasteiger partial charge >= 0.3 is 9.47 Å². The van der Waals surface area contributed by atoms with E-state index in [1.807, 2.05) is 71.2 Å². The van der Waals surface area contributed by atoms with Crippen LogP contribution in [0.1, 0.15) is 0 Å². The zero-order valence-electron chi connectivity index (χ0n) is 11.4. The average Bonchev–Trinajstić information content (AvgIpc) is 2.83. The van der Waals surface area contributed by atoms with Crippen LogP contribution >= 0.6 is 69.1 Å². The van der Waals surface area contributed by atoms with Gasteiger partial charge in [0.15, 0.2) is 0 Å². The molecule has 2 heterocycles. The molecule has 0 bridgehead atoms. The minimum Gasteiger partial charge on any atom is -1.00 e. The fraction of sp³-hybridized carbons (Fsp3) is 0.400. The van der Waals surface area contributed by atoms with E-state index in [2.05, 4.69) is 69.1 Å². The van der Waals surface area contributed by atoms with Gasteiger partial charge in [0.05, 0.1) is 28.2 Å². The molecule has 10 heteroatoms. The van der Waals surface area contributed by atoms with Gasteiger partial charge in [-0.2, -0.15) is 0 Å². The van der Waals surface area contributed by atoms with Crippen molar-refractivity contribution in [3.05, 3.63) is 34.3 Å². The van der Waals surface area contributed by atoms with Crippen LogP contribution in [0.5, 0.6) is 0 Å². The van der Waals surface area contributed by atoms with Gasteiger partial charge in [-0.1, -0.05) is 0 Å². The minimum atomic E-state index is 0. The highest BCUT2D eigenvalue weighted by atomic mass is 128. The van der Waals surface area contributed by atoms with Crippen molar-refractivity contribution in [3.63, 3.8) is 0 Å². The van der Waals surface area contributed by atoms with Crippen LogP contribution in [0.3, 0.4) is 0 Å². The molecule has 0 amide bonds. The van der Waals surface area contributed by atoms with Gasteiger partial charge in [-0.15, -0.1) is 0 Å². The summed E-state index contributed by atoms with van der Waals surface area (Å²) in [5.74, 6) is 0. The maximum absolute atomic E-state index is 3.38. The first kappa shape index (κ1) is 27.2. The van der Waals surface area contributed by atoms with Gasteiger partial charge in [0.1, 0.15) is 24.8 Å². The van der Waals surface area contributed by atoms with Gasteiger partial charge in [0.25, 0.3) is 0 Å². The maximum Gasteiger partial charge on any atom is 0.324 e. The molecule has 0 radical (unpaired) electrons. The summed E-state index contributed by atoms with van der Waals surface area (Å²) in [6.07, 6.45) is 7.96. The van der Waals surface area contributed by atoms with E-state index in [9.17, 15) is 0 Å². The van der Waals surface area contributed by atoms with Crippen molar-refractivity contribution in [3.8, 4) is 0 Å². The van der Waals surface area contributed by atoms with Crippen LogP contribution in [0.25, 0.3) is 0 Å². The molecule has 0 N–H and O–H groups in total. The molecule has 2 aromatic heterocycles. The molecule has 0 aliphatic rings. The first-order valence-electron chi connectivity index (χ1n) is 4.90. The quantitative estimate of drug-likeness (QED) is 0.199. The van der Waals surface area contributed by atoms with Gasteiger partial charge in [-0.3, -0.25) is 0 Å². The van der Waals surface area contributed by atoms with E-state index < -0.39 is 0 Å². The van der Waals surface area contributed by atoms with Crippen LogP contribution in [-0.2, 0) is 28.2 Å². The standard InChI is InChI=1S/2C5H8BrN2.I2.2HI/c2*1-7-3-4-8(2)5(7)6;1-2;;/h2*3-4H,1-2H3;;2*1H/q2*+1;;;/p-2. The third-order valence-corrected chi connectivity index (χ3v) is 4.43. The summed E-state index contributed by atoms with van der Waals surface area (Å²) in [4.78, 5) is 0. The molecular weight excluding hydrogens is 844 g/mol. The second-order valence-electron chi connectivity index (χ2n) is 3.58. The first-order chi connectivity index (χ1) is 8.43. The molecule has 0 unspecified atom stereocenters. The average molecular weight is 860 g/mol. The van der Waals surface area contributed by atoms with Gasteiger partial charge in [0.2, 0.25) is 0 Å². The molecule has 0 aliphatic carbocycles. The number of aromatic nitrogens is 4. The molecule has 0 spiro atoms. The molecule has 2 aromatic rings. The lowest BCUT2D eigenvalue weighted by Crippen LogP contribution is -3.00. The number of rotatable bonds is 0. The third kappa shape index (κ3) is 9.44. The van der Waals surface area contributed by atoms with Crippen LogP contribution in [0.4, 0.5) is 0 Å². The van der Waals surface area contributed by atoms with Crippen molar-refractivity contribution < 1.29 is 57.1 Å². The van der Waals surface area contributed by atoms with Crippen LogP contribution < -0.4 is 57.1 Å². The van der Waals surface area contributed by atoms with E-state index in [4.69, 9.17) is 0 Å². The lowest BCUT2D eigenvalue weighted by atomic mass is 10.9. The number of aryl methyl sites for hydroxylation is 4. The lowest BCUT2D eigenvalue weighted by Gasteiger charge is -1.82. The summed E-state index contributed by atoms with van der Waals surface area (Å²) in [7, 11) is 7.96. The number of halogens is 6. The summed E-state index contributed by atoms with van der Waals surface area (Å²) in [6.45, 7) is 0. The first-order valence-corrected chi connectivity index (χ1v) is 12.8. The van der Waals surface area contributed by atoms with Crippen molar-refractivity contribution in [1.82, 2.24) is 9.13 Å². The molecule has 0 saturated carbocycles. The monoisotopic (exact) mass is 858 g/mol. The van der Waals surface area contributed by atoms with Crippen LogP contribution in [0.15, 0.2) is 34.3 Å². The SMILES string of the molecule is Cn1cc[n+](C)c1Br.Cn1cc[n+](C)c1Br.II.[I-].[I-]. The third-order valence-electron chi connectivity index (χ3n) is 2.19. The normalized spacial score (nSPS) is 8.20. The molecule has 0 saturated heterocycles. The fourth-order valence-corrected chi connectivity index (χ4v) is 1.62. The highest BCUT2D eigenvalue weighted by Crippen LogP contribution is 1.99. The van der Waals surface area contributed by atoms with E-state index in [0.717, 1.165) is 9.47 Å². The Morgan fingerprint density at radius 2 is 1.10 bits per heavy atom. The Morgan fingerprint density at radius 1 is 0.850 bits per heavy atom. The van der Waals surface area contributed by atoms with Crippen LogP contribution in [-0.4, -0.2) is 9.13 Å². The number of imidazole rings is 2. The van der Waals surface area contributed by atoms with E-state index >= 15 is 0 Å². The zero-order valence-corrected chi connectivity index (χ0v) is 23.2. The van der Waals surface area contributed by atoms with E-state index in [0.29, 0.717) is 0 Å². The lowest BCUT2D eigenvalue weighted by molar-refractivity contribution is -0.682. The number of hydrogen-bond donors (Lipinski definition) is 0. The molecule has 118 valence electrons. The van der Waals surface area contributed by atoms with Crippen molar-refractivity contribution in [2.75, 3.05) is 0 Å². The Bertz CT molecular complexity index is 404. The second-order valence-corrected chi connectivity index (χ2v) is 5.00. The minimum absolute atomic E-state index is 0. The highest BCUT2D eigenvalue weighted by Gasteiger charge is 2.04. The second kappa shape index (κ2) is 14.9. The molecule has 0 fully saturated rings. The van der Waals surface area contributed by atoms with E-state index in [1.165, 1.54) is 0 Å². The van der Waals surface area contributed by atoms with E-state index in [-0.39, 0.29) is 48.0 Å². The van der Waals surface area contributed by atoms with Gasteiger partial charge < -0.3 is 48.0 Å². The van der Waals surface area contributed by atoms with Crippen molar-refractivity contribution in [2.24, 2.45) is 28.2 Å². The predicted octanol–water partition coefficient (Wildman–Crippen LogP) is -3.00. The summed E-state index contributed by atoms with van der Waals surface area (Å²) >= 11 is 11.0. The zero-order chi connectivity index (χ0) is 14.3. The van der Waals surface area contributed by atoms with Crippen molar-refractivity contribution in [2.45, 2.75) is 0 Å². The number of nitrogens with zero attached hydrogens (tertiary/aromatic N) is 4. The summed E-state index contributed by atoms with van der Waals surface area (Å²) in [5.41, 5.74) is 0. The topological polar surface area (TPSA) is 17.6 Å².